The molecule has 0 spiro atoms. The minimum absolute atomic E-state index is 0.464. The molecule has 0 aromatic carbocycles. The molecule has 0 bridgehead atoms. The molecule has 6 nitrogen and oxygen atoms in total. The van der Waals surface area contributed by atoms with Crippen molar-refractivity contribution in [1.82, 2.24) is 15.2 Å². The minimum Gasteiger partial charge on any atom is -0.481 e. The fourth-order valence-corrected chi connectivity index (χ4v) is 1.37. The van der Waals surface area contributed by atoms with E-state index >= 15 is 0 Å². The highest BCUT2D eigenvalue weighted by atomic mass is 16.5. The summed E-state index contributed by atoms with van der Waals surface area (Å²) in [4.78, 5) is 4.09. The fraction of sp³-hybridized carbons (Fsp3) is 0.167. The van der Waals surface area contributed by atoms with E-state index in [0.717, 1.165) is 5.56 Å². The molecule has 0 saturated heterocycles. The Bertz CT molecular complexity index is 561. The van der Waals surface area contributed by atoms with Gasteiger partial charge in [0.15, 0.2) is 5.82 Å². The van der Waals surface area contributed by atoms with Crippen LogP contribution in [-0.2, 0) is 6.54 Å². The van der Waals surface area contributed by atoms with Crippen LogP contribution in [0.15, 0.2) is 30.6 Å². The summed E-state index contributed by atoms with van der Waals surface area (Å²) in [6, 6.07) is 7.33. The van der Waals surface area contributed by atoms with Gasteiger partial charge >= 0.3 is 0 Å². The Morgan fingerprint density at radius 3 is 2.94 bits per heavy atom. The summed E-state index contributed by atoms with van der Waals surface area (Å²) >= 11 is 0. The van der Waals surface area contributed by atoms with Crippen LogP contribution in [0.1, 0.15) is 11.1 Å². The van der Waals surface area contributed by atoms with Gasteiger partial charge in [0.2, 0.25) is 5.88 Å². The van der Waals surface area contributed by atoms with Crippen molar-refractivity contribution in [2.24, 2.45) is 0 Å². The lowest BCUT2D eigenvalue weighted by Gasteiger charge is -2.06. The van der Waals surface area contributed by atoms with Crippen LogP contribution in [0.5, 0.6) is 5.88 Å². The maximum Gasteiger partial charge on any atom is 0.212 e. The third-order valence-electron chi connectivity index (χ3n) is 2.31. The second-order valence-corrected chi connectivity index (χ2v) is 3.47. The number of methoxy groups -OCH3 is 1. The predicted octanol–water partition coefficient (Wildman–Crippen LogP) is 1.36. The van der Waals surface area contributed by atoms with Crippen LogP contribution < -0.4 is 10.1 Å². The molecule has 0 aliphatic rings. The van der Waals surface area contributed by atoms with Gasteiger partial charge in [0, 0.05) is 18.8 Å². The van der Waals surface area contributed by atoms with E-state index in [9.17, 15) is 0 Å². The summed E-state index contributed by atoms with van der Waals surface area (Å²) in [5.41, 5.74) is 1.43. The average Bonchev–Trinajstić information content (AvgIpc) is 2.46. The number of hydrogen-bond acceptors (Lipinski definition) is 6. The third kappa shape index (κ3) is 2.71. The van der Waals surface area contributed by atoms with E-state index in [2.05, 4.69) is 20.5 Å². The number of nitriles is 1. The minimum atomic E-state index is 0.464. The quantitative estimate of drug-likeness (QED) is 0.870. The summed E-state index contributed by atoms with van der Waals surface area (Å²) in [6.07, 6.45) is 3.19. The maximum absolute atomic E-state index is 8.90. The number of rotatable bonds is 4. The molecule has 2 aromatic rings. The predicted molar refractivity (Wildman–Crippen MR) is 64.9 cm³/mol. The van der Waals surface area contributed by atoms with Crippen molar-refractivity contribution in [1.29, 1.82) is 5.26 Å². The van der Waals surface area contributed by atoms with E-state index in [-0.39, 0.29) is 0 Å². The van der Waals surface area contributed by atoms with Gasteiger partial charge in [-0.1, -0.05) is 6.07 Å². The lowest BCUT2D eigenvalue weighted by molar-refractivity contribution is 0.397. The third-order valence-corrected chi connectivity index (χ3v) is 2.31. The molecule has 2 rings (SSSR count). The summed E-state index contributed by atoms with van der Waals surface area (Å²) < 4.78 is 4.97. The van der Waals surface area contributed by atoms with Crippen molar-refractivity contribution in [3.63, 3.8) is 0 Å². The van der Waals surface area contributed by atoms with Gasteiger partial charge in [-0.05, 0) is 11.6 Å². The molecule has 90 valence electrons. The van der Waals surface area contributed by atoms with Crippen molar-refractivity contribution in [3.8, 4) is 11.9 Å². The van der Waals surface area contributed by atoms with Crippen LogP contribution in [-0.4, -0.2) is 22.3 Å². The van der Waals surface area contributed by atoms with E-state index < -0.39 is 0 Å². The van der Waals surface area contributed by atoms with Crippen LogP contribution in [0.4, 0.5) is 5.82 Å². The normalized spacial score (nSPS) is 9.56. The van der Waals surface area contributed by atoms with Crippen molar-refractivity contribution < 1.29 is 4.74 Å². The number of nitrogens with zero attached hydrogens (tertiary/aromatic N) is 4. The van der Waals surface area contributed by atoms with Gasteiger partial charge in [0.05, 0.1) is 18.9 Å². The lowest BCUT2D eigenvalue weighted by Crippen LogP contribution is -2.04. The summed E-state index contributed by atoms with van der Waals surface area (Å²) in [5.74, 6) is 1.03. The van der Waals surface area contributed by atoms with Crippen LogP contribution in [0.25, 0.3) is 0 Å². The molecule has 0 atom stereocenters. The Balaban J connectivity index is 2.05. The molecule has 18 heavy (non-hydrogen) atoms. The Morgan fingerprint density at radius 2 is 2.28 bits per heavy atom. The number of anilines is 1. The maximum atomic E-state index is 8.90. The molecule has 2 aromatic heterocycles. The molecular formula is C12H11N5O. The van der Waals surface area contributed by atoms with Gasteiger partial charge in [-0.3, -0.25) is 0 Å². The number of hydrogen-bond donors (Lipinski definition) is 1. The van der Waals surface area contributed by atoms with Crippen molar-refractivity contribution in [2.75, 3.05) is 12.4 Å². The van der Waals surface area contributed by atoms with E-state index in [4.69, 9.17) is 10.00 Å². The Morgan fingerprint density at radius 1 is 1.39 bits per heavy atom. The number of aromatic nitrogens is 3. The molecule has 2 heterocycles. The average molecular weight is 241 g/mol. The second kappa shape index (κ2) is 5.59. The molecule has 6 heteroatoms. The molecule has 0 radical (unpaired) electrons. The summed E-state index contributed by atoms with van der Waals surface area (Å²) in [6.45, 7) is 0.518. The topological polar surface area (TPSA) is 83.7 Å². The standard InChI is InChI=1S/C12H11N5O/c1-18-11-3-2-9(7-14-11)8-15-12-10(6-13)4-5-16-17-12/h2-5,7H,8H2,1H3,(H,15,17). The Kier molecular flexibility index (Phi) is 3.66. The van der Waals surface area contributed by atoms with Crippen molar-refractivity contribution in [2.45, 2.75) is 6.54 Å². The van der Waals surface area contributed by atoms with Crippen molar-refractivity contribution in [3.05, 3.63) is 41.7 Å². The second-order valence-electron chi connectivity index (χ2n) is 3.47. The van der Waals surface area contributed by atoms with Gasteiger partial charge < -0.3 is 10.1 Å². The Hall–Kier alpha value is -2.68. The number of ether oxygens (including phenoxy) is 1. The van der Waals surface area contributed by atoms with Crippen LogP contribution in [0.2, 0.25) is 0 Å². The van der Waals surface area contributed by atoms with Crippen molar-refractivity contribution >= 4 is 5.82 Å². The van der Waals surface area contributed by atoms with Crippen LogP contribution in [0, 0.1) is 11.3 Å². The van der Waals surface area contributed by atoms with Gasteiger partial charge in [-0.2, -0.15) is 10.4 Å². The molecule has 1 N–H and O–H groups in total. The van der Waals surface area contributed by atoms with E-state index in [1.54, 1.807) is 25.4 Å². The van der Waals surface area contributed by atoms with E-state index in [1.165, 1.54) is 6.20 Å². The molecule has 0 aliphatic heterocycles. The molecule has 0 saturated carbocycles. The van der Waals surface area contributed by atoms with Gasteiger partial charge in [-0.25, -0.2) is 4.98 Å². The van der Waals surface area contributed by atoms with Gasteiger partial charge in [0.1, 0.15) is 6.07 Å². The first-order valence-corrected chi connectivity index (χ1v) is 5.28. The SMILES string of the molecule is COc1ccc(CNc2nnccc2C#N)cn1. The lowest BCUT2D eigenvalue weighted by atomic mass is 10.2. The molecular weight excluding hydrogens is 230 g/mol. The van der Waals surface area contributed by atoms with Gasteiger partial charge in [0.25, 0.3) is 0 Å². The highest BCUT2D eigenvalue weighted by Gasteiger charge is 2.03. The van der Waals surface area contributed by atoms with Crippen LogP contribution in [0.3, 0.4) is 0 Å². The van der Waals surface area contributed by atoms with E-state index in [0.29, 0.717) is 23.8 Å². The first kappa shape index (κ1) is 11.8. The number of nitrogens with one attached hydrogen (secondary N) is 1. The smallest absolute Gasteiger partial charge is 0.212 e. The summed E-state index contributed by atoms with van der Waals surface area (Å²) in [7, 11) is 1.57. The monoisotopic (exact) mass is 241 g/mol. The molecule has 0 aliphatic carbocycles. The first-order valence-electron chi connectivity index (χ1n) is 5.28. The molecule has 0 unspecified atom stereocenters. The van der Waals surface area contributed by atoms with Crippen LogP contribution >= 0.6 is 0 Å². The first-order chi connectivity index (χ1) is 8.83. The highest BCUT2D eigenvalue weighted by molar-refractivity contribution is 5.50. The largest absolute Gasteiger partial charge is 0.481 e. The van der Waals surface area contributed by atoms with Gasteiger partial charge in [-0.15, -0.1) is 5.10 Å². The van der Waals surface area contributed by atoms with E-state index in [1.807, 2.05) is 12.1 Å². The Labute approximate surface area is 104 Å². The highest BCUT2D eigenvalue weighted by Crippen LogP contribution is 2.11. The summed E-state index contributed by atoms with van der Waals surface area (Å²) in [5, 5.41) is 19.5. The molecule has 0 fully saturated rings. The molecule has 0 amide bonds. The fourth-order valence-electron chi connectivity index (χ4n) is 1.37. The zero-order valence-corrected chi connectivity index (χ0v) is 9.79. The zero-order chi connectivity index (χ0) is 12.8. The number of pyridine rings is 1. The zero-order valence-electron chi connectivity index (χ0n) is 9.79.